The van der Waals surface area contributed by atoms with Crippen LogP contribution in [0.5, 0.6) is 0 Å². The van der Waals surface area contributed by atoms with Gasteiger partial charge in [0.15, 0.2) is 50.3 Å². The SMILES string of the molecule is CC(=O)NC1[C@H](OC([C@H](O)OCC2O[C@@H](O[C@@H]3C(CO)O[C@@H](O)C(NC(C)=O)[C@H]3O)[C@H](O)C(O[C@H]3OC(CO)[C@@H](O)C(O)C3CO[C@@H]3OC(CO)[C@@H](O[C@@H]4OC(CO[C@]5(C(=O)O)C[C@@H](O)[C@@H](NC(C)=O)C([C@H](O)[C@H](O)CCO)O5)[C@H](O)C(O)[C@@H]4O)C(O)[C@@H]3NC(C)=O)[C@@H]2CO)[C@@H](O)[C@H](O)CCO)OC(CO)[C@@H](O[C@@H]2OC(CO)[C@H](O)[C@H](O)C2O)[C@@H]1O. The average Bonchev–Trinajstić information content (AvgIpc) is 0.765. The lowest BCUT2D eigenvalue weighted by Crippen LogP contribution is -2.69. The minimum atomic E-state index is -3.05. The molecule has 32 N–H and O–H groups in total. The summed E-state index contributed by atoms with van der Waals surface area (Å²) in [4.78, 5) is 63.4. The monoisotopic (exact) mass is 1770 g/mol. The van der Waals surface area contributed by atoms with Gasteiger partial charge in [-0.2, -0.15) is 0 Å². The summed E-state index contributed by atoms with van der Waals surface area (Å²) in [5.74, 6) is -12.4. The van der Waals surface area contributed by atoms with E-state index in [1.165, 1.54) is 0 Å². The Bertz CT molecular complexity index is 3210. The summed E-state index contributed by atoms with van der Waals surface area (Å²) in [6.45, 7) is -7.93. The number of amides is 4. The third-order valence-corrected chi connectivity index (χ3v) is 21.9. The summed E-state index contributed by atoms with van der Waals surface area (Å²) in [6, 6.07) is -7.26. The van der Waals surface area contributed by atoms with Gasteiger partial charge in [0.1, 0.15) is 165 Å². The van der Waals surface area contributed by atoms with Gasteiger partial charge in [0.2, 0.25) is 23.6 Å². The van der Waals surface area contributed by atoms with Crippen LogP contribution in [0.15, 0.2) is 0 Å². The second kappa shape index (κ2) is 45.6. The summed E-state index contributed by atoms with van der Waals surface area (Å²) in [5, 5.41) is 319. The lowest BCUT2D eigenvalue weighted by Gasteiger charge is -2.50. The molecule has 8 rings (SSSR count). The Balaban J connectivity index is 1.07. The van der Waals surface area contributed by atoms with Gasteiger partial charge >= 0.3 is 5.97 Å². The number of carboxylic acids is 1. The molecule has 8 saturated heterocycles. The van der Waals surface area contributed by atoms with Crippen molar-refractivity contribution < 1.29 is 243 Å². The van der Waals surface area contributed by atoms with Gasteiger partial charge in [0.05, 0.1) is 108 Å². The van der Waals surface area contributed by atoms with Gasteiger partial charge in [0, 0.05) is 53.2 Å². The van der Waals surface area contributed by atoms with Crippen molar-refractivity contribution in [1.29, 1.82) is 0 Å². The summed E-state index contributed by atoms with van der Waals surface area (Å²) >= 11 is 0. The molecular weight excluding hydrogens is 1660 g/mol. The number of rotatable bonds is 39. The quantitative estimate of drug-likeness (QED) is 0.0254. The van der Waals surface area contributed by atoms with Crippen molar-refractivity contribution in [3.63, 3.8) is 0 Å². The maximum Gasteiger partial charge on any atom is 0.364 e. The Morgan fingerprint density at radius 3 is 1.31 bits per heavy atom. The van der Waals surface area contributed by atoms with Crippen LogP contribution in [-0.4, -0.2) is 509 Å². The highest BCUT2D eigenvalue weighted by molar-refractivity contribution is 5.77. The van der Waals surface area contributed by atoms with Crippen molar-refractivity contribution in [3.8, 4) is 0 Å². The molecular formula is C68H116N4O49. The summed E-state index contributed by atoms with van der Waals surface area (Å²) in [7, 11) is 0. The second-order valence-electron chi connectivity index (χ2n) is 30.5. The van der Waals surface area contributed by atoms with E-state index < -0.39 is 397 Å². The lowest BCUT2D eigenvalue weighted by molar-refractivity contribution is -0.377. The first-order chi connectivity index (χ1) is 57.1. The average molecular weight is 1770 g/mol. The van der Waals surface area contributed by atoms with Gasteiger partial charge in [-0.05, 0) is 12.8 Å². The van der Waals surface area contributed by atoms with Gasteiger partial charge in [-0.1, -0.05) is 0 Å². The number of aliphatic carboxylic acids is 1. The summed E-state index contributed by atoms with van der Waals surface area (Å²) in [6.07, 6.45) is -82.1. The van der Waals surface area contributed by atoms with Gasteiger partial charge in [0.25, 0.3) is 5.79 Å². The highest BCUT2D eigenvalue weighted by Gasteiger charge is 2.61. The first kappa shape index (κ1) is 102. The lowest BCUT2D eigenvalue weighted by atomic mass is 9.88. The Morgan fingerprint density at radius 2 is 0.810 bits per heavy atom. The van der Waals surface area contributed by atoms with Gasteiger partial charge in [-0.15, -0.1) is 0 Å². The van der Waals surface area contributed by atoms with E-state index in [0.29, 0.717) is 0 Å². The van der Waals surface area contributed by atoms with Crippen LogP contribution in [-0.2, 0) is 99.8 Å². The molecule has 0 aliphatic carbocycles. The highest BCUT2D eigenvalue weighted by Crippen LogP contribution is 2.41. The van der Waals surface area contributed by atoms with E-state index in [4.69, 9.17) is 75.8 Å². The van der Waals surface area contributed by atoms with Gasteiger partial charge in [-0.3, -0.25) is 19.2 Å². The molecule has 8 aliphatic rings. The molecule has 8 heterocycles. The van der Waals surface area contributed by atoms with Crippen molar-refractivity contribution in [3.05, 3.63) is 0 Å². The highest BCUT2D eigenvalue weighted by atomic mass is 16.8. The molecule has 0 bridgehead atoms. The van der Waals surface area contributed by atoms with E-state index in [9.17, 15) is 167 Å². The first-order valence-corrected chi connectivity index (χ1v) is 38.6. The van der Waals surface area contributed by atoms with Crippen molar-refractivity contribution in [2.45, 2.75) is 310 Å². The number of nitrogens with one attached hydrogen (secondary N) is 4. The fraction of sp³-hybridized carbons (Fsp3) is 0.926. The number of aliphatic hydroxyl groups is 27. The number of hydrogen-bond acceptors (Lipinski definition) is 48. The molecule has 0 spiro atoms. The van der Waals surface area contributed by atoms with Crippen LogP contribution < -0.4 is 21.3 Å². The zero-order chi connectivity index (χ0) is 89.8. The number of aliphatic hydroxyl groups excluding tert-OH is 27. The molecule has 0 aromatic heterocycles. The first-order valence-electron chi connectivity index (χ1n) is 38.6. The minimum absolute atomic E-state index is 0.517. The maximum atomic E-state index is 13.0. The van der Waals surface area contributed by atoms with E-state index in [1.54, 1.807) is 0 Å². The normalized spacial score (nSPS) is 43.9. The summed E-state index contributed by atoms with van der Waals surface area (Å²) in [5.41, 5.74) is 0. The van der Waals surface area contributed by atoms with Crippen LogP contribution in [0, 0.1) is 11.8 Å². The van der Waals surface area contributed by atoms with Crippen molar-refractivity contribution in [2.75, 3.05) is 72.7 Å². The molecule has 45 atom stereocenters. The summed E-state index contributed by atoms with van der Waals surface area (Å²) < 4.78 is 94.0. The number of ether oxygens (including phenoxy) is 16. The third-order valence-electron chi connectivity index (χ3n) is 21.9. The molecule has 8 fully saturated rings. The molecule has 702 valence electrons. The van der Waals surface area contributed by atoms with E-state index in [-0.39, 0.29) is 0 Å². The van der Waals surface area contributed by atoms with Crippen molar-refractivity contribution >= 4 is 29.6 Å². The smallest absolute Gasteiger partial charge is 0.364 e. The van der Waals surface area contributed by atoms with E-state index in [2.05, 4.69) is 21.3 Å². The maximum absolute atomic E-state index is 13.0. The second-order valence-corrected chi connectivity index (χ2v) is 30.5. The van der Waals surface area contributed by atoms with E-state index in [1.807, 2.05) is 0 Å². The molecule has 53 nitrogen and oxygen atoms in total. The predicted molar refractivity (Wildman–Crippen MR) is 376 cm³/mol. The Morgan fingerprint density at radius 1 is 0.397 bits per heavy atom. The predicted octanol–water partition coefficient (Wildman–Crippen LogP) is -20.0. The molecule has 0 saturated carbocycles. The minimum Gasteiger partial charge on any atom is -0.477 e. The fourth-order valence-corrected chi connectivity index (χ4v) is 15.4. The molecule has 53 heteroatoms. The Hall–Kier alpha value is -4.37. The van der Waals surface area contributed by atoms with Crippen LogP contribution in [0.25, 0.3) is 0 Å². The molecule has 0 aromatic carbocycles. The van der Waals surface area contributed by atoms with Crippen LogP contribution in [0.2, 0.25) is 0 Å². The Kier molecular flexibility index (Phi) is 38.4. The van der Waals surface area contributed by atoms with E-state index in [0.717, 1.165) is 27.7 Å². The molecule has 4 amide bonds. The van der Waals surface area contributed by atoms with Crippen molar-refractivity contribution in [2.24, 2.45) is 11.8 Å². The number of hydrogen-bond donors (Lipinski definition) is 32. The zero-order valence-corrected chi connectivity index (χ0v) is 65.4. The van der Waals surface area contributed by atoms with Crippen LogP contribution in [0.3, 0.4) is 0 Å². The van der Waals surface area contributed by atoms with E-state index >= 15 is 0 Å². The molecule has 0 aromatic rings. The number of carbonyl (C=O) groups is 5. The number of carboxylic acid groups (broad SMARTS) is 1. The third kappa shape index (κ3) is 24.0. The number of carbonyl (C=O) groups excluding carboxylic acids is 4. The van der Waals surface area contributed by atoms with Gasteiger partial charge in [-0.25, -0.2) is 4.79 Å². The molecule has 17 unspecified atom stereocenters. The molecule has 121 heavy (non-hydrogen) atoms. The molecule has 8 aliphatic heterocycles. The topological polar surface area (TPSA) is 848 Å². The van der Waals surface area contributed by atoms with Crippen molar-refractivity contribution in [1.82, 2.24) is 21.3 Å². The standard InChI is InChI=1S/C68H116N4O49/c1-19(81)69-35-27(87)9-68(67(104)105,121-57(35)40(89)25(85)5-7-73)108-18-34-44(93)49(98)51(100)65(115-34)118-55-31(14-79)112-62(37(46(55)95)71-21(3)83)107-16-24-39(88)42(91)28(11-76)110-61(24)116-53-23(10-75)33(114-66(52(53)101)119-54-30(13-78)109-59(102)36(45(54)94)70-20(2)82)17-106-60(103)58(41(90)26(86)6-8-74)120-63-38(72-22(4)84)47(96)56(32(15-80)113-63)117-64-50(99)48(97)43(92)29(12-77)111-64/h23-66,73-80,85-103H,5-18H2,1-4H3,(H,69,81)(H,70,82)(H,71,83)(H,72,84)(H,104,105)/t23-,24?,25-,26-,27-,28?,29?,30?,31?,32?,33?,34?,35-,36?,37+,38?,39?,40-,41+,42-,43+,44+,45-,46?,47-,48+,49?,50?,51+,52-,53?,54-,55-,56-,57?,58?,59-,60-,61-,62-,63+,64+,65+,66+,68-/m1/s1. The van der Waals surface area contributed by atoms with Crippen LogP contribution in [0.4, 0.5) is 0 Å². The largest absolute Gasteiger partial charge is 0.477 e. The van der Waals surface area contributed by atoms with Crippen LogP contribution >= 0.6 is 0 Å². The molecule has 0 radical (unpaired) electrons. The Labute approximate surface area is 686 Å². The zero-order valence-electron chi connectivity index (χ0n) is 65.4. The van der Waals surface area contributed by atoms with Crippen LogP contribution in [0.1, 0.15) is 47.0 Å². The fourth-order valence-electron chi connectivity index (χ4n) is 15.4. The van der Waals surface area contributed by atoms with Gasteiger partial charge < -0.3 is 240 Å².